The van der Waals surface area contributed by atoms with Crippen LogP contribution in [0.4, 0.5) is 10.1 Å². The lowest BCUT2D eigenvalue weighted by molar-refractivity contribution is -0.162. The number of hydrogen-bond donors (Lipinski definition) is 1. The number of aromatic nitrogens is 1. The highest BCUT2D eigenvalue weighted by molar-refractivity contribution is 6.39. The Morgan fingerprint density at radius 3 is 2.73 bits per heavy atom. The van der Waals surface area contributed by atoms with Crippen molar-refractivity contribution in [2.45, 2.75) is 19.3 Å². The van der Waals surface area contributed by atoms with Gasteiger partial charge in [-0.15, -0.1) is 0 Å². The number of nitrogens with two attached hydrogens (primary N) is 1. The van der Waals surface area contributed by atoms with Crippen LogP contribution in [0, 0.1) is 5.95 Å². The molecule has 122 valence electrons. The quantitative estimate of drug-likeness (QED) is 0.636. The third kappa shape index (κ3) is 3.89. The highest BCUT2D eigenvalue weighted by Gasteiger charge is 2.24. The zero-order valence-electron chi connectivity index (χ0n) is 11.5. The topological polar surface area (TPSA) is 92.9 Å². The van der Waals surface area contributed by atoms with Crippen LogP contribution >= 0.6 is 23.2 Å². The molecule has 1 aliphatic heterocycles. The van der Waals surface area contributed by atoms with Crippen LogP contribution in [0.1, 0.15) is 6.92 Å². The van der Waals surface area contributed by atoms with Crippen LogP contribution in [0.2, 0.25) is 10.0 Å². The first-order chi connectivity index (χ1) is 10.4. The molecule has 1 aliphatic rings. The molecule has 0 radical (unpaired) electrons. The SMILES string of the molecule is C[C@@H](Oc1nc(F)c(Cl)c(N)c1Cl)C(=O)OCC1OCCO1. The lowest BCUT2D eigenvalue weighted by Gasteiger charge is -2.16. The van der Waals surface area contributed by atoms with Crippen molar-refractivity contribution in [2.24, 2.45) is 0 Å². The Balaban J connectivity index is 1.96. The number of anilines is 1. The van der Waals surface area contributed by atoms with Gasteiger partial charge in [0.2, 0.25) is 11.8 Å². The van der Waals surface area contributed by atoms with Crippen LogP contribution in [-0.2, 0) is 19.0 Å². The maximum Gasteiger partial charge on any atom is 0.347 e. The Morgan fingerprint density at radius 2 is 2.09 bits per heavy atom. The molecule has 1 aromatic rings. The van der Waals surface area contributed by atoms with Crippen LogP contribution < -0.4 is 10.5 Å². The van der Waals surface area contributed by atoms with Gasteiger partial charge in [-0.2, -0.15) is 9.37 Å². The number of carbonyl (C=O) groups is 1. The normalized spacial score (nSPS) is 16.5. The van der Waals surface area contributed by atoms with E-state index in [0.29, 0.717) is 13.2 Å². The molecule has 22 heavy (non-hydrogen) atoms. The van der Waals surface area contributed by atoms with Gasteiger partial charge in [-0.25, -0.2) is 4.79 Å². The first-order valence-electron chi connectivity index (χ1n) is 6.26. The third-order valence-corrected chi connectivity index (χ3v) is 3.44. The Bertz CT molecular complexity index is 569. The fraction of sp³-hybridized carbons (Fsp3) is 0.500. The van der Waals surface area contributed by atoms with Crippen molar-refractivity contribution < 1.29 is 28.1 Å². The minimum absolute atomic E-state index is 0.0786. The molecule has 7 nitrogen and oxygen atoms in total. The first-order valence-corrected chi connectivity index (χ1v) is 7.02. The largest absolute Gasteiger partial charge is 0.461 e. The molecule has 0 unspecified atom stereocenters. The van der Waals surface area contributed by atoms with E-state index in [2.05, 4.69) is 4.98 Å². The van der Waals surface area contributed by atoms with E-state index in [0.717, 1.165) is 0 Å². The molecular weight excluding hydrogens is 342 g/mol. The predicted molar refractivity (Wildman–Crippen MR) is 75.4 cm³/mol. The highest BCUT2D eigenvalue weighted by Crippen LogP contribution is 2.35. The molecule has 1 atom stereocenters. The van der Waals surface area contributed by atoms with Crippen LogP contribution in [0.15, 0.2) is 0 Å². The van der Waals surface area contributed by atoms with Crippen molar-refractivity contribution in [1.82, 2.24) is 4.98 Å². The van der Waals surface area contributed by atoms with E-state index in [1.54, 1.807) is 0 Å². The molecule has 2 heterocycles. The van der Waals surface area contributed by atoms with E-state index in [9.17, 15) is 9.18 Å². The zero-order valence-corrected chi connectivity index (χ0v) is 13.0. The molecule has 0 bridgehead atoms. The summed E-state index contributed by atoms with van der Waals surface area (Å²) in [5, 5.41) is -0.600. The number of ether oxygens (including phenoxy) is 4. The first kappa shape index (κ1) is 17.0. The van der Waals surface area contributed by atoms with Crippen LogP contribution in [0.5, 0.6) is 5.88 Å². The molecule has 0 amide bonds. The Labute approximate surface area is 135 Å². The number of pyridine rings is 1. The molecule has 1 fully saturated rings. The number of nitrogens with zero attached hydrogens (tertiary/aromatic N) is 1. The monoisotopic (exact) mass is 354 g/mol. The summed E-state index contributed by atoms with van der Waals surface area (Å²) in [6, 6.07) is 0. The summed E-state index contributed by atoms with van der Waals surface area (Å²) >= 11 is 11.4. The predicted octanol–water partition coefficient (Wildman–Crippen LogP) is 1.79. The lowest BCUT2D eigenvalue weighted by Crippen LogP contribution is -2.30. The van der Waals surface area contributed by atoms with Gasteiger partial charge < -0.3 is 24.7 Å². The minimum atomic E-state index is -1.09. The smallest absolute Gasteiger partial charge is 0.347 e. The molecule has 0 aromatic carbocycles. The average Bonchev–Trinajstić information content (AvgIpc) is 3.01. The highest BCUT2D eigenvalue weighted by atomic mass is 35.5. The molecule has 0 aliphatic carbocycles. The number of carbonyl (C=O) groups excluding carboxylic acids is 1. The minimum Gasteiger partial charge on any atom is -0.461 e. The average molecular weight is 355 g/mol. The molecular formula is C12H13Cl2FN2O5. The van der Waals surface area contributed by atoms with E-state index < -0.39 is 29.3 Å². The molecule has 0 saturated carbocycles. The van der Waals surface area contributed by atoms with Gasteiger partial charge in [0.15, 0.2) is 12.4 Å². The van der Waals surface area contributed by atoms with Gasteiger partial charge >= 0.3 is 5.97 Å². The summed E-state index contributed by atoms with van der Waals surface area (Å²) in [6.45, 7) is 2.19. The standard InChI is InChI=1S/C12H13Cl2FN2O5/c1-5(12(18)21-4-6-19-2-3-20-6)22-11-8(14)9(16)7(13)10(15)17-11/h5-6H,2-4H2,1H3,(H2,16,17)/t5-/m1/s1. The van der Waals surface area contributed by atoms with Crippen molar-refractivity contribution >= 4 is 34.9 Å². The van der Waals surface area contributed by atoms with Crippen molar-refractivity contribution in [3.05, 3.63) is 16.0 Å². The van der Waals surface area contributed by atoms with E-state index in [4.69, 9.17) is 47.9 Å². The van der Waals surface area contributed by atoms with Crippen molar-refractivity contribution in [1.29, 1.82) is 0 Å². The summed E-state index contributed by atoms with van der Waals surface area (Å²) in [4.78, 5) is 15.2. The maximum atomic E-state index is 13.4. The van der Waals surface area contributed by atoms with Gasteiger partial charge in [0.1, 0.15) is 16.7 Å². The van der Waals surface area contributed by atoms with E-state index in [1.165, 1.54) is 6.92 Å². The number of halogens is 3. The number of nitrogen functional groups attached to an aromatic ring is 1. The summed E-state index contributed by atoms with van der Waals surface area (Å²) in [5.74, 6) is -2.11. The fourth-order valence-corrected chi connectivity index (χ4v) is 1.94. The Kier molecular flexibility index (Phi) is 5.63. The second-order valence-corrected chi connectivity index (χ2v) is 5.07. The lowest BCUT2D eigenvalue weighted by atomic mass is 10.4. The number of esters is 1. The summed E-state index contributed by atoms with van der Waals surface area (Å²) in [7, 11) is 0. The molecule has 1 aromatic heterocycles. The number of rotatable bonds is 5. The van der Waals surface area contributed by atoms with Gasteiger partial charge in [0.25, 0.3) is 0 Å². The molecule has 0 spiro atoms. The number of hydrogen-bond acceptors (Lipinski definition) is 7. The van der Waals surface area contributed by atoms with Crippen molar-refractivity contribution in [2.75, 3.05) is 25.6 Å². The second-order valence-electron chi connectivity index (χ2n) is 4.31. The van der Waals surface area contributed by atoms with Crippen LogP contribution in [0.25, 0.3) is 0 Å². The molecule has 2 rings (SSSR count). The van der Waals surface area contributed by atoms with Gasteiger partial charge in [0, 0.05) is 0 Å². The second kappa shape index (κ2) is 7.28. The van der Waals surface area contributed by atoms with Gasteiger partial charge in [0.05, 0.1) is 18.9 Å². The third-order valence-electron chi connectivity index (χ3n) is 2.71. The van der Waals surface area contributed by atoms with Crippen LogP contribution in [0.3, 0.4) is 0 Å². The van der Waals surface area contributed by atoms with Gasteiger partial charge in [-0.3, -0.25) is 0 Å². The van der Waals surface area contributed by atoms with Gasteiger partial charge in [-0.05, 0) is 6.92 Å². The summed E-state index contributed by atoms with van der Waals surface area (Å²) in [6.07, 6.45) is -1.69. The Morgan fingerprint density at radius 1 is 1.45 bits per heavy atom. The van der Waals surface area contributed by atoms with E-state index >= 15 is 0 Å². The maximum absolute atomic E-state index is 13.4. The van der Waals surface area contributed by atoms with Crippen LogP contribution in [-0.4, -0.2) is 43.2 Å². The van der Waals surface area contributed by atoms with E-state index in [1.807, 2.05) is 0 Å². The van der Waals surface area contributed by atoms with Crippen molar-refractivity contribution in [3.63, 3.8) is 0 Å². The molecule has 2 N–H and O–H groups in total. The molecule has 1 saturated heterocycles. The van der Waals surface area contributed by atoms with Crippen molar-refractivity contribution in [3.8, 4) is 5.88 Å². The zero-order chi connectivity index (χ0) is 16.3. The van der Waals surface area contributed by atoms with Gasteiger partial charge in [-0.1, -0.05) is 23.2 Å². The van der Waals surface area contributed by atoms with E-state index in [-0.39, 0.29) is 23.2 Å². The summed E-state index contributed by atoms with van der Waals surface area (Å²) in [5.41, 5.74) is 5.28. The fourth-order valence-electron chi connectivity index (χ4n) is 1.57. The summed E-state index contributed by atoms with van der Waals surface area (Å²) < 4.78 is 33.7. The Hall–Kier alpha value is -1.35. The molecule has 10 heteroatoms.